The number of fused-ring (bicyclic) bond motifs is 1. The third-order valence-corrected chi connectivity index (χ3v) is 3.25. The van der Waals surface area contributed by atoms with Crippen LogP contribution in [0.25, 0.3) is 0 Å². The summed E-state index contributed by atoms with van der Waals surface area (Å²) in [5, 5.41) is 9.98. The Balaban J connectivity index is 2.72. The SMILES string of the molecule is C=CC(C)(C)C1=C(O)C(=O)c2ccccc2C1=O. The molecule has 0 saturated carbocycles. The molecule has 0 fully saturated rings. The van der Waals surface area contributed by atoms with Gasteiger partial charge in [0.2, 0.25) is 5.78 Å². The summed E-state index contributed by atoms with van der Waals surface area (Å²) in [6, 6.07) is 6.51. The number of ketones is 2. The second kappa shape index (κ2) is 3.95. The van der Waals surface area contributed by atoms with Crippen LogP contribution in [0.3, 0.4) is 0 Å². The normalized spacial score (nSPS) is 15.7. The molecule has 92 valence electrons. The van der Waals surface area contributed by atoms with Gasteiger partial charge in [-0.25, -0.2) is 0 Å². The van der Waals surface area contributed by atoms with Crippen molar-refractivity contribution in [2.45, 2.75) is 13.8 Å². The number of carbonyl (C=O) groups is 2. The van der Waals surface area contributed by atoms with Crippen LogP contribution in [-0.2, 0) is 0 Å². The van der Waals surface area contributed by atoms with Crippen LogP contribution in [0.4, 0.5) is 0 Å². The predicted molar refractivity (Wildman–Crippen MR) is 68.7 cm³/mol. The minimum atomic E-state index is -0.746. The topological polar surface area (TPSA) is 54.4 Å². The van der Waals surface area contributed by atoms with E-state index in [4.69, 9.17) is 0 Å². The van der Waals surface area contributed by atoms with Crippen LogP contribution < -0.4 is 0 Å². The molecule has 18 heavy (non-hydrogen) atoms. The molecule has 0 saturated heterocycles. The summed E-state index contributed by atoms with van der Waals surface area (Å²) in [4.78, 5) is 24.4. The van der Waals surface area contributed by atoms with E-state index in [2.05, 4.69) is 6.58 Å². The van der Waals surface area contributed by atoms with Crippen LogP contribution in [0, 0.1) is 5.41 Å². The number of benzene rings is 1. The highest BCUT2D eigenvalue weighted by Crippen LogP contribution is 2.36. The Bertz CT molecular complexity index is 592. The first kappa shape index (κ1) is 12.3. The van der Waals surface area contributed by atoms with Crippen molar-refractivity contribution in [1.82, 2.24) is 0 Å². The molecule has 1 N–H and O–H groups in total. The lowest BCUT2D eigenvalue weighted by atomic mass is 9.75. The zero-order chi connectivity index (χ0) is 13.5. The summed E-state index contributed by atoms with van der Waals surface area (Å²) in [6.45, 7) is 7.13. The van der Waals surface area contributed by atoms with Gasteiger partial charge in [0.05, 0.1) is 5.57 Å². The third-order valence-electron chi connectivity index (χ3n) is 3.25. The van der Waals surface area contributed by atoms with E-state index < -0.39 is 17.0 Å². The van der Waals surface area contributed by atoms with Crippen molar-refractivity contribution >= 4 is 11.6 Å². The third kappa shape index (κ3) is 1.59. The standard InChI is InChI=1S/C15H14O3/c1-4-15(2,3)11-12(16)9-7-5-6-8-10(9)13(17)14(11)18/h4-8,18H,1H2,2-3H3. The van der Waals surface area contributed by atoms with E-state index in [9.17, 15) is 14.7 Å². The Morgan fingerprint density at radius 3 is 2.11 bits per heavy atom. The lowest BCUT2D eigenvalue weighted by Gasteiger charge is -2.27. The molecule has 1 aromatic rings. The molecule has 0 amide bonds. The number of rotatable bonds is 2. The molecule has 0 bridgehead atoms. The van der Waals surface area contributed by atoms with Crippen LogP contribution in [0.15, 0.2) is 48.3 Å². The van der Waals surface area contributed by atoms with Crippen molar-refractivity contribution < 1.29 is 14.7 Å². The van der Waals surface area contributed by atoms with Crippen LogP contribution >= 0.6 is 0 Å². The van der Waals surface area contributed by atoms with Crippen LogP contribution in [0.1, 0.15) is 34.6 Å². The first-order valence-corrected chi connectivity index (χ1v) is 5.66. The molecule has 0 atom stereocenters. The fourth-order valence-electron chi connectivity index (χ4n) is 2.06. The largest absolute Gasteiger partial charge is 0.504 e. The zero-order valence-electron chi connectivity index (χ0n) is 10.4. The van der Waals surface area contributed by atoms with Gasteiger partial charge in [-0.1, -0.05) is 44.2 Å². The first-order valence-electron chi connectivity index (χ1n) is 5.66. The minimum absolute atomic E-state index is 0.112. The van der Waals surface area contributed by atoms with E-state index in [0.717, 1.165) is 0 Å². The lowest BCUT2D eigenvalue weighted by Crippen LogP contribution is -2.29. The second-order valence-electron chi connectivity index (χ2n) is 4.85. The van der Waals surface area contributed by atoms with Gasteiger partial charge >= 0.3 is 0 Å². The molecule has 1 aromatic carbocycles. The number of aliphatic hydroxyl groups excluding tert-OH is 1. The monoisotopic (exact) mass is 242 g/mol. The first-order chi connectivity index (χ1) is 8.40. The van der Waals surface area contributed by atoms with Gasteiger partial charge in [0, 0.05) is 16.5 Å². The average Bonchev–Trinajstić information content (AvgIpc) is 2.36. The van der Waals surface area contributed by atoms with Crippen LogP contribution in [0.5, 0.6) is 0 Å². The van der Waals surface area contributed by atoms with Crippen molar-refractivity contribution in [3.05, 3.63) is 59.4 Å². The Morgan fingerprint density at radius 2 is 1.61 bits per heavy atom. The summed E-state index contributed by atoms with van der Waals surface area (Å²) < 4.78 is 0. The molecule has 0 unspecified atom stereocenters. The van der Waals surface area contributed by atoms with Gasteiger partial charge in [-0.2, -0.15) is 0 Å². The Hall–Kier alpha value is -2.16. The number of aliphatic hydroxyl groups is 1. The highest BCUT2D eigenvalue weighted by atomic mass is 16.3. The molecule has 0 aliphatic heterocycles. The zero-order valence-corrected chi connectivity index (χ0v) is 10.4. The number of carbonyl (C=O) groups excluding carboxylic acids is 2. The highest BCUT2D eigenvalue weighted by Gasteiger charge is 2.38. The van der Waals surface area contributed by atoms with Gasteiger partial charge in [-0.15, -0.1) is 6.58 Å². The van der Waals surface area contributed by atoms with Crippen LogP contribution in [-0.4, -0.2) is 16.7 Å². The fraction of sp³-hybridized carbons (Fsp3) is 0.200. The average molecular weight is 242 g/mol. The Kier molecular flexibility index (Phi) is 2.70. The lowest BCUT2D eigenvalue weighted by molar-refractivity contribution is 0.0914. The maximum Gasteiger partial charge on any atom is 0.228 e. The number of allylic oxidation sites excluding steroid dienone is 3. The molecule has 2 rings (SSSR count). The molecule has 0 spiro atoms. The van der Waals surface area contributed by atoms with Gasteiger partial charge in [-0.3, -0.25) is 9.59 Å². The van der Waals surface area contributed by atoms with E-state index in [1.54, 1.807) is 44.2 Å². The molecule has 3 heteroatoms. The van der Waals surface area contributed by atoms with Gasteiger partial charge < -0.3 is 5.11 Å². The second-order valence-corrected chi connectivity index (χ2v) is 4.85. The van der Waals surface area contributed by atoms with Crippen molar-refractivity contribution in [1.29, 1.82) is 0 Å². The van der Waals surface area contributed by atoms with E-state index in [0.29, 0.717) is 5.56 Å². The molecule has 3 nitrogen and oxygen atoms in total. The number of hydrogen-bond acceptors (Lipinski definition) is 3. The number of Topliss-reactive ketones (excluding diaryl/α,β-unsaturated/α-hetero) is 2. The highest BCUT2D eigenvalue weighted by molar-refractivity contribution is 6.26. The minimum Gasteiger partial charge on any atom is -0.504 e. The molecule has 0 aromatic heterocycles. The summed E-state index contributed by atoms with van der Waals surface area (Å²) in [6.07, 6.45) is 1.55. The molecule has 1 aliphatic carbocycles. The Labute approximate surface area is 105 Å². The van der Waals surface area contributed by atoms with Crippen molar-refractivity contribution in [3.63, 3.8) is 0 Å². The van der Waals surface area contributed by atoms with Gasteiger partial charge in [0.15, 0.2) is 11.5 Å². The van der Waals surface area contributed by atoms with E-state index in [1.165, 1.54) is 0 Å². The fourth-order valence-corrected chi connectivity index (χ4v) is 2.06. The molecule has 0 radical (unpaired) electrons. The van der Waals surface area contributed by atoms with E-state index >= 15 is 0 Å². The maximum atomic E-state index is 12.4. The number of hydrogen-bond donors (Lipinski definition) is 1. The summed E-state index contributed by atoms with van der Waals surface area (Å²) in [5.41, 5.74) is -0.0419. The maximum absolute atomic E-state index is 12.4. The smallest absolute Gasteiger partial charge is 0.228 e. The molecule has 1 aliphatic rings. The van der Waals surface area contributed by atoms with Crippen molar-refractivity contribution in [2.75, 3.05) is 0 Å². The Morgan fingerprint density at radius 1 is 1.11 bits per heavy atom. The molecular formula is C15H14O3. The van der Waals surface area contributed by atoms with Crippen LogP contribution in [0.2, 0.25) is 0 Å². The molecular weight excluding hydrogens is 228 g/mol. The quantitative estimate of drug-likeness (QED) is 0.811. The summed E-state index contributed by atoms with van der Waals surface area (Å²) in [5.74, 6) is -1.29. The predicted octanol–water partition coefficient (Wildman–Crippen LogP) is 3.09. The summed E-state index contributed by atoms with van der Waals surface area (Å²) in [7, 11) is 0. The van der Waals surface area contributed by atoms with E-state index in [1.807, 2.05) is 0 Å². The van der Waals surface area contributed by atoms with Crippen molar-refractivity contribution in [2.24, 2.45) is 5.41 Å². The molecule has 0 heterocycles. The van der Waals surface area contributed by atoms with Gasteiger partial charge in [-0.05, 0) is 0 Å². The van der Waals surface area contributed by atoms with Gasteiger partial charge in [0.1, 0.15) is 0 Å². The summed E-state index contributed by atoms with van der Waals surface area (Å²) >= 11 is 0. The van der Waals surface area contributed by atoms with Gasteiger partial charge in [0.25, 0.3) is 0 Å². The van der Waals surface area contributed by atoms with E-state index in [-0.39, 0.29) is 16.9 Å². The van der Waals surface area contributed by atoms with Crippen molar-refractivity contribution in [3.8, 4) is 0 Å².